The first-order valence-corrected chi connectivity index (χ1v) is 7.00. The number of aliphatic hydroxyl groups is 1. The van der Waals surface area contributed by atoms with E-state index in [1.807, 2.05) is 28.8 Å². The molecule has 0 saturated carbocycles. The number of fused-ring (bicyclic) bond motifs is 1. The fourth-order valence-corrected chi connectivity index (χ4v) is 2.58. The van der Waals surface area contributed by atoms with Crippen LogP contribution in [0, 0.1) is 10.1 Å². The Balaban J connectivity index is 2.05. The van der Waals surface area contributed by atoms with Gasteiger partial charge in [0.1, 0.15) is 12.4 Å². The second-order valence-corrected chi connectivity index (χ2v) is 5.02. The molecule has 0 amide bonds. The minimum Gasteiger partial charge on any atom is -0.490 e. The highest BCUT2D eigenvalue weighted by atomic mass is 16.6. The van der Waals surface area contributed by atoms with Gasteiger partial charge in [-0.2, -0.15) is 0 Å². The highest BCUT2D eigenvalue weighted by molar-refractivity contribution is 5.76. The Morgan fingerprint density at radius 2 is 2.09 bits per heavy atom. The van der Waals surface area contributed by atoms with E-state index in [9.17, 15) is 15.2 Å². The zero-order valence-corrected chi connectivity index (χ0v) is 12.5. The minimum absolute atomic E-state index is 0.0834. The Kier molecular flexibility index (Phi) is 3.94. The number of benzene rings is 2. The van der Waals surface area contributed by atoms with Crippen molar-refractivity contribution in [1.29, 1.82) is 0 Å². The summed E-state index contributed by atoms with van der Waals surface area (Å²) in [5, 5.41) is 20.6. The van der Waals surface area contributed by atoms with Crippen LogP contribution in [0.5, 0.6) is 5.75 Å². The molecule has 7 nitrogen and oxygen atoms in total. The van der Waals surface area contributed by atoms with Crippen LogP contribution in [0.25, 0.3) is 11.0 Å². The number of aliphatic hydroxyl groups excluding tert-OH is 1. The third-order valence-electron chi connectivity index (χ3n) is 3.66. The molecule has 2 aromatic carbocycles. The summed E-state index contributed by atoms with van der Waals surface area (Å²) in [6.45, 7) is 0.175. The first kappa shape index (κ1) is 15.0. The summed E-state index contributed by atoms with van der Waals surface area (Å²) in [5.41, 5.74) is 2.30. The average molecular weight is 313 g/mol. The molecule has 0 fully saturated rings. The zero-order chi connectivity index (χ0) is 16.4. The van der Waals surface area contributed by atoms with Gasteiger partial charge in [0.25, 0.3) is 0 Å². The molecule has 1 heterocycles. The van der Waals surface area contributed by atoms with Crippen LogP contribution in [0.4, 0.5) is 5.69 Å². The second-order valence-electron chi connectivity index (χ2n) is 5.02. The first-order valence-electron chi connectivity index (χ1n) is 7.00. The Labute approximate surface area is 131 Å². The number of nitrogens with zero attached hydrogens (tertiary/aromatic N) is 3. The van der Waals surface area contributed by atoms with Crippen molar-refractivity contribution in [3.05, 3.63) is 64.0 Å². The standard InChI is InChI=1S/C16H15N3O4/c1-23-15-7-6-11(8-14(15)19(21)22)9-18-13-5-3-2-4-12(13)17-16(18)10-20/h2-8,20H,9-10H2,1H3. The topological polar surface area (TPSA) is 90.4 Å². The number of nitro groups is 1. The zero-order valence-electron chi connectivity index (χ0n) is 12.5. The molecule has 3 rings (SSSR count). The number of para-hydroxylation sites is 2. The molecule has 0 spiro atoms. The molecule has 0 aliphatic rings. The molecular weight excluding hydrogens is 298 g/mol. The molecule has 0 radical (unpaired) electrons. The van der Waals surface area contributed by atoms with Crippen LogP contribution in [0.15, 0.2) is 42.5 Å². The van der Waals surface area contributed by atoms with Crippen molar-refractivity contribution in [1.82, 2.24) is 9.55 Å². The minimum atomic E-state index is -0.471. The molecule has 0 saturated heterocycles. The molecule has 0 unspecified atom stereocenters. The van der Waals surface area contributed by atoms with E-state index in [1.54, 1.807) is 12.1 Å². The van der Waals surface area contributed by atoms with Crippen LogP contribution in [-0.4, -0.2) is 26.7 Å². The number of hydrogen-bond acceptors (Lipinski definition) is 5. The predicted octanol–water partition coefficient (Wildman–Crippen LogP) is 2.49. The predicted molar refractivity (Wildman–Crippen MR) is 84.4 cm³/mol. The second kappa shape index (κ2) is 6.05. The molecule has 3 aromatic rings. The van der Waals surface area contributed by atoms with Gasteiger partial charge in [0.15, 0.2) is 5.75 Å². The number of rotatable bonds is 5. The Morgan fingerprint density at radius 3 is 2.78 bits per heavy atom. The number of imidazole rings is 1. The van der Waals surface area contributed by atoms with Gasteiger partial charge in [0.05, 0.1) is 23.1 Å². The maximum absolute atomic E-state index is 11.1. The van der Waals surface area contributed by atoms with Crippen LogP contribution in [0.3, 0.4) is 0 Å². The lowest BCUT2D eigenvalue weighted by Crippen LogP contribution is -2.06. The van der Waals surface area contributed by atoms with E-state index in [4.69, 9.17) is 4.74 Å². The van der Waals surface area contributed by atoms with Gasteiger partial charge in [-0.3, -0.25) is 10.1 Å². The van der Waals surface area contributed by atoms with Crippen LogP contribution in [0.2, 0.25) is 0 Å². The van der Waals surface area contributed by atoms with Crippen molar-refractivity contribution in [3.63, 3.8) is 0 Å². The molecule has 0 atom stereocenters. The normalized spacial score (nSPS) is 10.9. The molecule has 0 bridgehead atoms. The summed E-state index contributed by atoms with van der Waals surface area (Å²) in [5.74, 6) is 0.737. The SMILES string of the molecule is COc1ccc(Cn2c(CO)nc3ccccc32)cc1[N+](=O)[O-]. The Hall–Kier alpha value is -2.93. The average Bonchev–Trinajstić information content (AvgIpc) is 2.92. The Morgan fingerprint density at radius 1 is 1.30 bits per heavy atom. The monoisotopic (exact) mass is 313 g/mol. The fraction of sp³-hybridized carbons (Fsp3) is 0.188. The lowest BCUT2D eigenvalue weighted by Gasteiger charge is -2.09. The third kappa shape index (κ3) is 2.74. The van der Waals surface area contributed by atoms with Crippen LogP contribution in [-0.2, 0) is 13.2 Å². The van der Waals surface area contributed by atoms with E-state index in [0.717, 1.165) is 16.6 Å². The van der Waals surface area contributed by atoms with Gasteiger partial charge >= 0.3 is 5.69 Å². The lowest BCUT2D eigenvalue weighted by molar-refractivity contribution is -0.385. The van der Waals surface area contributed by atoms with E-state index in [2.05, 4.69) is 4.98 Å². The molecule has 0 aliphatic carbocycles. The maximum atomic E-state index is 11.1. The highest BCUT2D eigenvalue weighted by Crippen LogP contribution is 2.28. The van der Waals surface area contributed by atoms with Gasteiger partial charge < -0.3 is 14.4 Å². The van der Waals surface area contributed by atoms with E-state index < -0.39 is 4.92 Å². The van der Waals surface area contributed by atoms with Gasteiger partial charge in [-0.1, -0.05) is 18.2 Å². The number of aromatic nitrogens is 2. The molecule has 7 heteroatoms. The van der Waals surface area contributed by atoms with Gasteiger partial charge in [-0.15, -0.1) is 0 Å². The summed E-state index contributed by atoms with van der Waals surface area (Å²) >= 11 is 0. The molecular formula is C16H15N3O4. The summed E-state index contributed by atoms with van der Waals surface area (Å²) in [6, 6.07) is 12.3. The van der Waals surface area contributed by atoms with Gasteiger partial charge in [-0.05, 0) is 23.8 Å². The summed E-state index contributed by atoms with van der Waals surface area (Å²) in [6.07, 6.45) is 0. The van der Waals surface area contributed by atoms with Crippen molar-refractivity contribution in [2.24, 2.45) is 0 Å². The van der Waals surface area contributed by atoms with Crippen LogP contribution < -0.4 is 4.74 Å². The van der Waals surface area contributed by atoms with Crippen molar-refractivity contribution >= 4 is 16.7 Å². The largest absolute Gasteiger partial charge is 0.490 e. The Bertz CT molecular complexity index is 873. The van der Waals surface area contributed by atoms with Crippen LogP contribution in [0.1, 0.15) is 11.4 Å². The van der Waals surface area contributed by atoms with E-state index in [1.165, 1.54) is 13.2 Å². The van der Waals surface area contributed by atoms with Gasteiger partial charge in [0, 0.05) is 12.6 Å². The number of hydrogen-bond donors (Lipinski definition) is 1. The number of nitro benzene ring substituents is 1. The first-order chi connectivity index (χ1) is 11.1. The number of ether oxygens (including phenoxy) is 1. The van der Waals surface area contributed by atoms with Crippen molar-refractivity contribution in [2.75, 3.05) is 7.11 Å². The van der Waals surface area contributed by atoms with Gasteiger partial charge in [0.2, 0.25) is 0 Å². The summed E-state index contributed by atoms with van der Waals surface area (Å²) in [4.78, 5) is 15.0. The quantitative estimate of drug-likeness (QED) is 0.577. The van der Waals surface area contributed by atoms with Gasteiger partial charge in [-0.25, -0.2) is 4.98 Å². The van der Waals surface area contributed by atoms with Crippen molar-refractivity contribution < 1.29 is 14.8 Å². The fourth-order valence-electron chi connectivity index (χ4n) is 2.58. The lowest BCUT2D eigenvalue weighted by atomic mass is 10.2. The molecule has 118 valence electrons. The van der Waals surface area contributed by atoms with Crippen LogP contribution >= 0.6 is 0 Å². The summed E-state index contributed by atoms with van der Waals surface area (Å²) < 4.78 is 6.86. The third-order valence-corrected chi connectivity index (χ3v) is 3.66. The van der Waals surface area contributed by atoms with Crippen molar-refractivity contribution in [3.8, 4) is 5.75 Å². The molecule has 0 aliphatic heterocycles. The molecule has 23 heavy (non-hydrogen) atoms. The molecule has 1 N–H and O–H groups in total. The number of methoxy groups -OCH3 is 1. The summed E-state index contributed by atoms with van der Waals surface area (Å²) in [7, 11) is 1.40. The highest BCUT2D eigenvalue weighted by Gasteiger charge is 2.16. The smallest absolute Gasteiger partial charge is 0.311 e. The van der Waals surface area contributed by atoms with E-state index in [0.29, 0.717) is 12.4 Å². The van der Waals surface area contributed by atoms with E-state index in [-0.39, 0.29) is 18.0 Å². The van der Waals surface area contributed by atoms with Crippen molar-refractivity contribution in [2.45, 2.75) is 13.2 Å². The maximum Gasteiger partial charge on any atom is 0.311 e. The van der Waals surface area contributed by atoms with E-state index >= 15 is 0 Å². The molecule has 1 aromatic heterocycles.